The summed E-state index contributed by atoms with van der Waals surface area (Å²) in [6, 6.07) is 8.78. The number of hydrogen-bond donors (Lipinski definition) is 0. The molecule has 0 bridgehead atoms. The van der Waals surface area contributed by atoms with E-state index in [4.69, 9.17) is 4.52 Å². The summed E-state index contributed by atoms with van der Waals surface area (Å²) in [5.41, 5.74) is 1.36. The van der Waals surface area contributed by atoms with Crippen molar-refractivity contribution in [1.29, 1.82) is 0 Å². The van der Waals surface area contributed by atoms with Crippen molar-refractivity contribution in [3.63, 3.8) is 0 Å². The topological polar surface area (TPSA) is 38.9 Å². The molecule has 0 aliphatic heterocycles. The highest BCUT2D eigenvalue weighted by atomic mass is 16.5. The second-order valence-electron chi connectivity index (χ2n) is 1.60. The lowest BCUT2D eigenvalue weighted by molar-refractivity contribution is 0.424. The number of aromatic nitrogens is 2. The summed E-state index contributed by atoms with van der Waals surface area (Å²) in [7, 11) is 0. The van der Waals surface area contributed by atoms with Gasteiger partial charge in [-0.15, -0.1) is 5.10 Å². The maximum absolute atomic E-state index is 4.71. The Hall–Kier alpha value is -1.38. The van der Waals surface area contributed by atoms with Crippen LogP contribution in [0.5, 0.6) is 0 Å². The maximum Gasteiger partial charge on any atom is 0.188 e. The maximum atomic E-state index is 4.71. The Balaban J connectivity index is 2.95. The van der Waals surface area contributed by atoms with Gasteiger partial charge in [-0.25, -0.2) is 0 Å². The highest BCUT2D eigenvalue weighted by molar-refractivity contribution is 5.70. The summed E-state index contributed by atoms with van der Waals surface area (Å²) in [6.45, 7) is 0. The summed E-state index contributed by atoms with van der Waals surface area (Å²) in [4.78, 5) is 0. The van der Waals surface area contributed by atoms with E-state index >= 15 is 0 Å². The van der Waals surface area contributed by atoms with Crippen LogP contribution in [-0.2, 0) is 0 Å². The van der Waals surface area contributed by atoms with Crippen LogP contribution < -0.4 is 0 Å². The van der Waals surface area contributed by atoms with Gasteiger partial charge < -0.3 is 4.52 Å². The molecular weight excluding hydrogens is 116 g/mol. The minimum atomic E-state index is 0.647. The molecule has 0 amide bonds. The Bertz CT molecular complexity index is 285. The number of benzene rings is 1. The molecule has 0 aliphatic rings. The number of fused-ring (bicyclic) bond motifs is 1. The average molecular weight is 118 g/mol. The van der Waals surface area contributed by atoms with Crippen molar-refractivity contribution in [2.45, 2.75) is 0 Å². The Kier molecular flexibility index (Phi) is 0.773. The smallest absolute Gasteiger partial charge is 0.188 e. The fraction of sp³-hybridized carbons (Fsp3) is 0. The molecule has 1 aromatic carbocycles. The van der Waals surface area contributed by atoms with Gasteiger partial charge in [-0.05, 0) is 24.3 Å². The minimum Gasteiger partial charge on any atom is -0.337 e. The van der Waals surface area contributed by atoms with Crippen molar-refractivity contribution in [3.05, 3.63) is 24.3 Å². The second-order valence-corrected chi connectivity index (χ2v) is 1.60. The van der Waals surface area contributed by atoms with Crippen LogP contribution in [0.1, 0.15) is 0 Å². The van der Waals surface area contributed by atoms with Crippen LogP contribution in [0, 0.1) is 12.1 Å². The van der Waals surface area contributed by atoms with Gasteiger partial charge in [-0.3, -0.25) is 0 Å². The molecule has 0 saturated carbocycles. The van der Waals surface area contributed by atoms with Crippen LogP contribution in [0.3, 0.4) is 0 Å². The van der Waals surface area contributed by atoms with Gasteiger partial charge in [0, 0.05) is 5.27 Å². The van der Waals surface area contributed by atoms with Gasteiger partial charge in [0.25, 0.3) is 0 Å². The van der Waals surface area contributed by atoms with E-state index in [9.17, 15) is 0 Å². The van der Waals surface area contributed by atoms with Crippen LogP contribution in [0.15, 0.2) is 16.7 Å². The van der Waals surface area contributed by atoms with E-state index in [2.05, 4.69) is 22.5 Å². The largest absolute Gasteiger partial charge is 0.337 e. The lowest BCUT2D eigenvalue weighted by Gasteiger charge is -1.75. The summed E-state index contributed by atoms with van der Waals surface area (Å²) in [6.07, 6.45) is 0. The average Bonchev–Trinajstić information content (AvgIpc) is 2.33. The van der Waals surface area contributed by atoms with Crippen LogP contribution in [-0.4, -0.2) is 10.4 Å². The molecule has 2 radical (unpaired) electrons. The first kappa shape index (κ1) is 4.49. The van der Waals surface area contributed by atoms with Gasteiger partial charge in [0.05, 0.1) is 0 Å². The SMILES string of the molecule is [c]1[c]cc2onnc2c1. The van der Waals surface area contributed by atoms with Crippen LogP contribution in [0.2, 0.25) is 0 Å². The molecule has 42 valence electrons. The molecule has 0 aliphatic carbocycles. The van der Waals surface area contributed by atoms with Gasteiger partial charge in [0.1, 0.15) is 5.52 Å². The number of nitrogens with zero attached hydrogens (tertiary/aromatic N) is 2. The first-order chi connectivity index (χ1) is 4.47. The molecule has 0 fully saturated rings. The molecule has 0 spiro atoms. The molecule has 3 nitrogen and oxygen atoms in total. The first-order valence-electron chi connectivity index (χ1n) is 2.47. The Labute approximate surface area is 51.3 Å². The van der Waals surface area contributed by atoms with Crippen molar-refractivity contribution in [2.24, 2.45) is 0 Å². The molecule has 0 N–H and O–H groups in total. The predicted molar refractivity (Wildman–Crippen MR) is 29.5 cm³/mol. The zero-order valence-electron chi connectivity index (χ0n) is 4.46. The van der Waals surface area contributed by atoms with Crippen LogP contribution in [0.4, 0.5) is 0 Å². The van der Waals surface area contributed by atoms with E-state index < -0.39 is 0 Å². The van der Waals surface area contributed by atoms with E-state index in [1.54, 1.807) is 12.1 Å². The summed E-state index contributed by atoms with van der Waals surface area (Å²) in [5, 5.41) is 6.99. The van der Waals surface area contributed by atoms with Gasteiger partial charge in [-0.2, -0.15) is 0 Å². The molecule has 1 aromatic heterocycles. The van der Waals surface area contributed by atoms with Crippen molar-refractivity contribution in [3.8, 4) is 0 Å². The number of hydrogen-bond acceptors (Lipinski definition) is 3. The third-order valence-electron chi connectivity index (χ3n) is 1.04. The van der Waals surface area contributed by atoms with Crippen LogP contribution in [0.25, 0.3) is 11.1 Å². The standard InChI is InChI=1S/C6H2N2O/c1-2-4-6-5(3-1)7-8-9-6/h3-4H. The van der Waals surface area contributed by atoms with Crippen molar-refractivity contribution >= 4 is 11.1 Å². The fourth-order valence-electron chi connectivity index (χ4n) is 0.622. The summed E-state index contributed by atoms with van der Waals surface area (Å²) < 4.78 is 4.71. The molecule has 9 heavy (non-hydrogen) atoms. The highest BCUT2D eigenvalue weighted by Gasteiger charge is 1.94. The predicted octanol–water partition coefficient (Wildman–Crippen LogP) is 0.823. The molecule has 3 heteroatoms. The third kappa shape index (κ3) is 0.579. The molecule has 0 atom stereocenters. The molecule has 2 rings (SSSR count). The van der Waals surface area contributed by atoms with E-state index in [1.165, 1.54) is 0 Å². The van der Waals surface area contributed by atoms with Gasteiger partial charge >= 0.3 is 0 Å². The van der Waals surface area contributed by atoms with Crippen LogP contribution >= 0.6 is 0 Å². The van der Waals surface area contributed by atoms with E-state index in [0.29, 0.717) is 11.1 Å². The Morgan fingerprint density at radius 3 is 3.11 bits per heavy atom. The van der Waals surface area contributed by atoms with E-state index in [0.717, 1.165) is 0 Å². The lowest BCUT2D eigenvalue weighted by Crippen LogP contribution is -1.64. The van der Waals surface area contributed by atoms with Gasteiger partial charge in [0.15, 0.2) is 5.58 Å². The van der Waals surface area contributed by atoms with Crippen molar-refractivity contribution < 1.29 is 4.52 Å². The quantitative estimate of drug-likeness (QED) is 0.514. The lowest BCUT2D eigenvalue weighted by atomic mass is 10.3. The first-order valence-corrected chi connectivity index (χ1v) is 2.47. The molecule has 0 unspecified atom stereocenters. The zero-order chi connectivity index (χ0) is 6.10. The zero-order valence-corrected chi connectivity index (χ0v) is 4.46. The molecule has 0 saturated heterocycles. The van der Waals surface area contributed by atoms with E-state index in [-0.39, 0.29) is 0 Å². The summed E-state index contributed by atoms with van der Waals surface area (Å²) >= 11 is 0. The van der Waals surface area contributed by atoms with E-state index in [1.807, 2.05) is 0 Å². The Morgan fingerprint density at radius 2 is 2.22 bits per heavy atom. The molecular formula is C6H2N2O. The van der Waals surface area contributed by atoms with Crippen molar-refractivity contribution in [2.75, 3.05) is 0 Å². The second kappa shape index (κ2) is 1.55. The van der Waals surface area contributed by atoms with Crippen molar-refractivity contribution in [1.82, 2.24) is 10.4 Å². The van der Waals surface area contributed by atoms with Gasteiger partial charge in [0.2, 0.25) is 0 Å². The molecule has 1 heterocycles. The third-order valence-corrected chi connectivity index (χ3v) is 1.04. The summed E-state index contributed by atoms with van der Waals surface area (Å²) in [5.74, 6) is 0. The highest BCUT2D eigenvalue weighted by Crippen LogP contribution is 2.06. The Morgan fingerprint density at radius 1 is 1.33 bits per heavy atom. The fourth-order valence-corrected chi connectivity index (χ4v) is 0.622. The monoisotopic (exact) mass is 118 g/mol. The minimum absolute atomic E-state index is 0.647. The normalized spacial score (nSPS) is 10.2. The number of rotatable bonds is 0. The van der Waals surface area contributed by atoms with Gasteiger partial charge in [-0.1, -0.05) is 0 Å². The molecule has 2 aromatic rings.